The Morgan fingerprint density at radius 1 is 0.654 bits per heavy atom. The molecule has 2 nitrogen and oxygen atoms in total. The van der Waals surface area contributed by atoms with Gasteiger partial charge in [-0.2, -0.15) is 0 Å². The van der Waals surface area contributed by atoms with Gasteiger partial charge in [-0.15, -0.1) is 0 Å². The number of hydrogen-bond acceptors (Lipinski definition) is 2. The van der Waals surface area contributed by atoms with Crippen LogP contribution in [-0.4, -0.2) is 10.2 Å². The molecule has 2 saturated carbocycles. The molecule has 2 N–H and O–H groups in total. The first-order valence-electron chi connectivity index (χ1n) is 10.9. The van der Waals surface area contributed by atoms with Crippen molar-refractivity contribution in [1.82, 2.24) is 0 Å². The van der Waals surface area contributed by atoms with Crippen molar-refractivity contribution in [1.29, 1.82) is 0 Å². The van der Waals surface area contributed by atoms with Crippen LogP contribution in [0.15, 0.2) is 12.1 Å². The number of aryl methyl sites for hydroxylation is 2. The molecule has 0 heterocycles. The van der Waals surface area contributed by atoms with Crippen molar-refractivity contribution in [3.8, 4) is 11.5 Å². The summed E-state index contributed by atoms with van der Waals surface area (Å²) in [6.45, 7) is 4.79. The summed E-state index contributed by atoms with van der Waals surface area (Å²) in [6, 6.07) is 3.61. The van der Waals surface area contributed by atoms with Crippen molar-refractivity contribution in [2.24, 2.45) is 10.8 Å². The summed E-state index contributed by atoms with van der Waals surface area (Å²) in [6.07, 6.45) is 17.6. The van der Waals surface area contributed by atoms with E-state index in [9.17, 15) is 10.2 Å². The zero-order chi connectivity index (χ0) is 18.6. The van der Waals surface area contributed by atoms with Crippen LogP contribution < -0.4 is 0 Å². The van der Waals surface area contributed by atoms with Gasteiger partial charge in [0.15, 0.2) is 0 Å². The van der Waals surface area contributed by atoms with Crippen molar-refractivity contribution in [2.75, 3.05) is 0 Å². The Bertz CT molecular complexity index is 596. The van der Waals surface area contributed by atoms with E-state index in [-0.39, 0.29) is 11.5 Å². The van der Waals surface area contributed by atoms with Gasteiger partial charge in [0.25, 0.3) is 0 Å². The minimum absolute atomic E-state index is 0.265. The Morgan fingerprint density at radius 3 is 1.58 bits per heavy atom. The van der Waals surface area contributed by atoms with Crippen molar-refractivity contribution < 1.29 is 10.2 Å². The number of hydrogen-bond donors (Lipinski definition) is 2. The molecule has 1 aromatic carbocycles. The molecule has 0 unspecified atom stereocenters. The standard InChI is InChI=1S/C24H38O2/c1-23(13-14-23)11-7-4-3-5-9-19-17-20(22(26)18-21(19)25)10-6-8-12-24(2)15-16-24/h17-18,25-26H,3-16H2,1-2H3. The number of phenols is 2. The molecule has 0 amide bonds. The quantitative estimate of drug-likeness (QED) is 0.399. The number of benzene rings is 1. The van der Waals surface area contributed by atoms with Crippen LogP contribution in [0, 0.1) is 10.8 Å². The van der Waals surface area contributed by atoms with Crippen molar-refractivity contribution in [3.05, 3.63) is 23.3 Å². The number of unbranched alkanes of at least 4 members (excludes halogenated alkanes) is 4. The van der Waals surface area contributed by atoms with Gasteiger partial charge in [-0.25, -0.2) is 0 Å². The molecule has 0 aromatic heterocycles. The van der Waals surface area contributed by atoms with Crippen LogP contribution in [0.5, 0.6) is 11.5 Å². The van der Waals surface area contributed by atoms with Crippen LogP contribution in [0.2, 0.25) is 0 Å². The SMILES string of the molecule is CC1(CCCCCCc2cc(CCCCC3(C)CC3)c(O)cc2O)CC1. The van der Waals surface area contributed by atoms with Crippen LogP contribution in [-0.2, 0) is 12.8 Å². The molecular weight excluding hydrogens is 320 g/mol. The molecule has 146 valence electrons. The van der Waals surface area contributed by atoms with Gasteiger partial charge in [-0.3, -0.25) is 0 Å². The highest BCUT2D eigenvalue weighted by Crippen LogP contribution is 2.49. The second kappa shape index (κ2) is 8.23. The summed E-state index contributed by atoms with van der Waals surface area (Å²) in [4.78, 5) is 0. The van der Waals surface area contributed by atoms with Crippen LogP contribution in [0.4, 0.5) is 0 Å². The summed E-state index contributed by atoms with van der Waals surface area (Å²) in [5, 5.41) is 20.3. The fourth-order valence-electron chi connectivity index (χ4n) is 4.09. The van der Waals surface area contributed by atoms with Gasteiger partial charge in [0.2, 0.25) is 0 Å². The summed E-state index contributed by atoms with van der Waals surface area (Å²) in [7, 11) is 0. The highest BCUT2D eigenvalue weighted by atomic mass is 16.3. The van der Waals surface area contributed by atoms with E-state index in [1.807, 2.05) is 0 Å². The number of rotatable bonds is 12. The Labute approximate surface area is 160 Å². The maximum Gasteiger partial charge on any atom is 0.122 e. The molecule has 2 aliphatic rings. The predicted octanol–water partition coefficient (Wildman–Crippen LogP) is 6.90. The molecule has 0 atom stereocenters. The summed E-state index contributed by atoms with van der Waals surface area (Å²) >= 11 is 0. The average molecular weight is 359 g/mol. The van der Waals surface area contributed by atoms with E-state index in [4.69, 9.17) is 0 Å². The second-order valence-corrected chi connectivity index (χ2v) is 9.85. The van der Waals surface area contributed by atoms with Crippen molar-refractivity contribution >= 4 is 0 Å². The molecule has 0 aliphatic heterocycles. The van der Waals surface area contributed by atoms with Gasteiger partial charge in [-0.1, -0.05) is 39.5 Å². The van der Waals surface area contributed by atoms with Gasteiger partial charge in [0, 0.05) is 6.07 Å². The summed E-state index contributed by atoms with van der Waals surface area (Å²) in [5.41, 5.74) is 3.33. The lowest BCUT2D eigenvalue weighted by Gasteiger charge is -2.12. The lowest BCUT2D eigenvalue weighted by molar-refractivity contribution is 0.437. The van der Waals surface area contributed by atoms with Gasteiger partial charge in [-0.05, 0) is 92.2 Å². The van der Waals surface area contributed by atoms with E-state index in [1.54, 1.807) is 6.07 Å². The highest BCUT2D eigenvalue weighted by Gasteiger charge is 2.36. The zero-order valence-electron chi connectivity index (χ0n) is 16.9. The van der Waals surface area contributed by atoms with Crippen LogP contribution in [0.25, 0.3) is 0 Å². The van der Waals surface area contributed by atoms with E-state index < -0.39 is 0 Å². The average Bonchev–Trinajstić information content (AvgIpc) is 3.51. The first-order valence-corrected chi connectivity index (χ1v) is 10.9. The maximum absolute atomic E-state index is 10.2. The minimum atomic E-state index is 0.265. The van der Waals surface area contributed by atoms with Crippen LogP contribution in [0.3, 0.4) is 0 Å². The molecule has 3 rings (SSSR count). The minimum Gasteiger partial charge on any atom is -0.508 e. The van der Waals surface area contributed by atoms with Crippen molar-refractivity contribution in [3.63, 3.8) is 0 Å². The molecule has 2 aliphatic carbocycles. The fourth-order valence-corrected chi connectivity index (χ4v) is 4.09. The predicted molar refractivity (Wildman–Crippen MR) is 109 cm³/mol. The normalized spacial score (nSPS) is 19.5. The monoisotopic (exact) mass is 358 g/mol. The van der Waals surface area contributed by atoms with Gasteiger partial charge in [0.05, 0.1) is 0 Å². The molecule has 26 heavy (non-hydrogen) atoms. The van der Waals surface area contributed by atoms with Crippen LogP contribution >= 0.6 is 0 Å². The first kappa shape index (κ1) is 19.6. The van der Waals surface area contributed by atoms with Crippen LogP contribution in [0.1, 0.15) is 102 Å². The third-order valence-electron chi connectivity index (χ3n) is 6.94. The van der Waals surface area contributed by atoms with Crippen molar-refractivity contribution in [2.45, 2.75) is 104 Å². The molecular formula is C24H38O2. The van der Waals surface area contributed by atoms with E-state index in [2.05, 4.69) is 19.9 Å². The molecule has 2 fully saturated rings. The Hall–Kier alpha value is -1.18. The van der Waals surface area contributed by atoms with E-state index in [1.165, 1.54) is 64.2 Å². The largest absolute Gasteiger partial charge is 0.508 e. The molecule has 2 heteroatoms. The zero-order valence-corrected chi connectivity index (χ0v) is 16.9. The number of aromatic hydroxyl groups is 2. The Kier molecular flexibility index (Phi) is 6.20. The van der Waals surface area contributed by atoms with E-state index >= 15 is 0 Å². The Balaban J connectivity index is 1.38. The second-order valence-electron chi connectivity index (χ2n) is 9.85. The topological polar surface area (TPSA) is 40.5 Å². The first-order chi connectivity index (χ1) is 12.4. The molecule has 0 spiro atoms. The lowest BCUT2D eigenvalue weighted by atomic mass is 9.96. The molecule has 0 radical (unpaired) electrons. The lowest BCUT2D eigenvalue weighted by Crippen LogP contribution is -1.96. The third-order valence-corrected chi connectivity index (χ3v) is 6.94. The maximum atomic E-state index is 10.2. The van der Waals surface area contributed by atoms with Gasteiger partial charge < -0.3 is 10.2 Å². The molecule has 0 saturated heterocycles. The third kappa shape index (κ3) is 5.93. The summed E-state index contributed by atoms with van der Waals surface area (Å²) in [5.74, 6) is 0.531. The molecule has 0 bridgehead atoms. The van der Waals surface area contributed by atoms with Gasteiger partial charge >= 0.3 is 0 Å². The molecule has 1 aromatic rings. The highest BCUT2D eigenvalue weighted by molar-refractivity contribution is 5.45. The summed E-state index contributed by atoms with van der Waals surface area (Å²) < 4.78 is 0. The number of phenolic OH excluding ortho intramolecular Hbond substituents is 2. The smallest absolute Gasteiger partial charge is 0.122 e. The van der Waals surface area contributed by atoms with Gasteiger partial charge in [0.1, 0.15) is 11.5 Å². The Morgan fingerprint density at radius 2 is 1.08 bits per heavy atom. The van der Waals surface area contributed by atoms with E-state index in [0.29, 0.717) is 10.8 Å². The van der Waals surface area contributed by atoms with E-state index in [0.717, 1.165) is 36.8 Å². The fraction of sp³-hybridized carbons (Fsp3) is 0.750.